The Balaban J connectivity index is 2.29. The molecule has 5 heteroatoms. The summed E-state index contributed by atoms with van der Waals surface area (Å²) < 4.78 is 37.4. The first-order valence-electron chi connectivity index (χ1n) is 4.69. The van der Waals surface area contributed by atoms with Crippen LogP contribution in [0.2, 0.25) is 0 Å². The van der Waals surface area contributed by atoms with E-state index in [9.17, 15) is 13.2 Å². The van der Waals surface area contributed by atoms with Gasteiger partial charge in [-0.3, -0.25) is 5.10 Å². The van der Waals surface area contributed by atoms with Crippen molar-refractivity contribution in [2.75, 3.05) is 0 Å². The maximum atomic E-state index is 12.5. The maximum Gasteiger partial charge on any atom is 0.419 e. The van der Waals surface area contributed by atoms with Crippen molar-refractivity contribution in [2.45, 2.75) is 37.8 Å². The van der Waals surface area contributed by atoms with E-state index < -0.39 is 11.7 Å². The number of aromatic nitrogens is 2. The van der Waals surface area contributed by atoms with Crippen LogP contribution in [-0.4, -0.2) is 10.2 Å². The van der Waals surface area contributed by atoms with Crippen molar-refractivity contribution in [3.63, 3.8) is 0 Å². The van der Waals surface area contributed by atoms with Gasteiger partial charge in [0.05, 0.1) is 17.5 Å². The highest BCUT2D eigenvalue weighted by Gasteiger charge is 2.37. The molecule has 0 radical (unpaired) electrons. The highest BCUT2D eigenvalue weighted by Crippen LogP contribution is 2.40. The third-order valence-corrected chi connectivity index (χ3v) is 2.74. The van der Waals surface area contributed by atoms with Gasteiger partial charge in [-0.2, -0.15) is 18.3 Å². The number of nitrogens with one attached hydrogen (secondary N) is 1. The van der Waals surface area contributed by atoms with Crippen LogP contribution in [0.1, 0.15) is 42.9 Å². The normalized spacial score (nSPS) is 19.1. The first-order valence-corrected chi connectivity index (χ1v) is 4.69. The zero-order valence-electron chi connectivity index (χ0n) is 7.56. The van der Waals surface area contributed by atoms with Gasteiger partial charge in [0.2, 0.25) is 0 Å². The van der Waals surface area contributed by atoms with Gasteiger partial charge in [0.25, 0.3) is 0 Å². The fourth-order valence-electron chi connectivity index (χ4n) is 2.05. The summed E-state index contributed by atoms with van der Waals surface area (Å²) in [4.78, 5) is 0. The average molecular weight is 204 g/mol. The SMILES string of the molecule is FC(F)(F)c1cn[nH]c1C1CCCC1. The Kier molecular flexibility index (Phi) is 2.25. The quantitative estimate of drug-likeness (QED) is 0.748. The average Bonchev–Trinajstić information content (AvgIpc) is 2.73. The number of aromatic amines is 1. The molecule has 1 heterocycles. The molecule has 2 rings (SSSR count). The van der Waals surface area contributed by atoms with Gasteiger partial charge < -0.3 is 0 Å². The Bertz CT molecular complexity index is 310. The zero-order chi connectivity index (χ0) is 10.2. The lowest BCUT2D eigenvalue weighted by Gasteiger charge is -2.11. The van der Waals surface area contributed by atoms with Crippen LogP contribution in [0.25, 0.3) is 0 Å². The summed E-state index contributed by atoms with van der Waals surface area (Å²) in [6.07, 6.45) is 0.317. The Morgan fingerprint density at radius 3 is 2.50 bits per heavy atom. The smallest absolute Gasteiger partial charge is 0.282 e. The molecule has 1 fully saturated rings. The van der Waals surface area contributed by atoms with E-state index >= 15 is 0 Å². The van der Waals surface area contributed by atoms with Gasteiger partial charge in [-0.1, -0.05) is 12.8 Å². The van der Waals surface area contributed by atoms with Gasteiger partial charge in [-0.15, -0.1) is 0 Å². The molecule has 0 aliphatic heterocycles. The summed E-state index contributed by atoms with van der Waals surface area (Å²) in [6.45, 7) is 0. The minimum atomic E-state index is -4.27. The molecular weight excluding hydrogens is 193 g/mol. The molecule has 1 aliphatic carbocycles. The van der Waals surface area contributed by atoms with Crippen LogP contribution >= 0.6 is 0 Å². The second kappa shape index (κ2) is 3.29. The first kappa shape index (κ1) is 9.55. The van der Waals surface area contributed by atoms with Gasteiger partial charge in [0.15, 0.2) is 0 Å². The van der Waals surface area contributed by atoms with Crippen molar-refractivity contribution in [2.24, 2.45) is 0 Å². The van der Waals surface area contributed by atoms with E-state index in [1.54, 1.807) is 0 Å². The van der Waals surface area contributed by atoms with E-state index in [-0.39, 0.29) is 11.6 Å². The number of nitrogens with zero attached hydrogens (tertiary/aromatic N) is 1. The van der Waals surface area contributed by atoms with E-state index in [4.69, 9.17) is 0 Å². The Morgan fingerprint density at radius 2 is 1.93 bits per heavy atom. The van der Waals surface area contributed by atoms with Gasteiger partial charge in [-0.05, 0) is 12.8 Å². The molecule has 0 spiro atoms. The standard InChI is InChI=1S/C9H11F3N2/c10-9(11,12)7-5-13-14-8(7)6-3-1-2-4-6/h5-6H,1-4H2,(H,13,14). The van der Waals surface area contributed by atoms with Gasteiger partial charge in [0.1, 0.15) is 0 Å². The fraction of sp³-hybridized carbons (Fsp3) is 0.667. The van der Waals surface area contributed by atoms with E-state index in [1.165, 1.54) is 0 Å². The molecule has 0 amide bonds. The largest absolute Gasteiger partial charge is 0.419 e. The highest BCUT2D eigenvalue weighted by atomic mass is 19.4. The monoisotopic (exact) mass is 204 g/mol. The number of halogens is 3. The third kappa shape index (κ3) is 1.63. The highest BCUT2D eigenvalue weighted by molar-refractivity contribution is 5.24. The van der Waals surface area contributed by atoms with E-state index in [2.05, 4.69) is 10.2 Å². The zero-order valence-corrected chi connectivity index (χ0v) is 7.56. The molecule has 78 valence electrons. The molecule has 14 heavy (non-hydrogen) atoms. The van der Waals surface area contributed by atoms with Gasteiger partial charge >= 0.3 is 6.18 Å². The number of rotatable bonds is 1. The molecule has 0 unspecified atom stereocenters. The van der Waals surface area contributed by atoms with E-state index in [1.807, 2.05) is 0 Å². The third-order valence-electron chi connectivity index (χ3n) is 2.74. The number of hydrogen-bond donors (Lipinski definition) is 1. The molecule has 0 saturated heterocycles. The Hall–Kier alpha value is -1.00. The van der Waals surface area contributed by atoms with E-state index in [0.717, 1.165) is 31.9 Å². The van der Waals surface area contributed by atoms with Crippen molar-refractivity contribution in [1.82, 2.24) is 10.2 Å². The summed E-state index contributed by atoms with van der Waals surface area (Å²) >= 11 is 0. The lowest BCUT2D eigenvalue weighted by Crippen LogP contribution is -2.09. The van der Waals surface area contributed by atoms with Gasteiger partial charge in [0, 0.05) is 5.92 Å². The molecule has 1 saturated carbocycles. The van der Waals surface area contributed by atoms with Gasteiger partial charge in [-0.25, -0.2) is 0 Å². The van der Waals surface area contributed by atoms with Crippen molar-refractivity contribution in [1.29, 1.82) is 0 Å². The summed E-state index contributed by atoms with van der Waals surface area (Å²) in [5.41, 5.74) is -0.320. The Labute approximate surface area is 79.5 Å². The first-order chi connectivity index (χ1) is 6.59. The van der Waals surface area contributed by atoms with Crippen molar-refractivity contribution in [3.05, 3.63) is 17.5 Å². The molecule has 1 aliphatic rings. The minimum absolute atomic E-state index is 0.0223. The summed E-state index contributed by atoms with van der Waals surface area (Å²) in [5, 5.41) is 5.97. The predicted molar refractivity (Wildman–Crippen MR) is 44.8 cm³/mol. The summed E-state index contributed by atoms with van der Waals surface area (Å²) in [7, 11) is 0. The van der Waals surface area contributed by atoms with Crippen molar-refractivity contribution in [3.8, 4) is 0 Å². The molecule has 1 aromatic heterocycles. The molecule has 0 aromatic carbocycles. The van der Waals surface area contributed by atoms with Crippen LogP contribution in [0.3, 0.4) is 0 Å². The molecule has 1 N–H and O–H groups in total. The van der Waals surface area contributed by atoms with Crippen LogP contribution in [0.15, 0.2) is 6.20 Å². The van der Waals surface area contributed by atoms with Crippen LogP contribution in [0.5, 0.6) is 0 Å². The topological polar surface area (TPSA) is 28.7 Å². The number of alkyl halides is 3. The molecule has 2 nitrogen and oxygen atoms in total. The second-order valence-corrected chi connectivity index (χ2v) is 3.68. The van der Waals surface area contributed by atoms with Crippen LogP contribution in [0.4, 0.5) is 13.2 Å². The lowest BCUT2D eigenvalue weighted by atomic mass is 10.0. The van der Waals surface area contributed by atoms with Crippen LogP contribution in [0, 0.1) is 0 Å². The molecular formula is C9H11F3N2. The maximum absolute atomic E-state index is 12.5. The van der Waals surface area contributed by atoms with Crippen LogP contribution in [-0.2, 0) is 6.18 Å². The minimum Gasteiger partial charge on any atom is -0.282 e. The molecule has 1 aromatic rings. The van der Waals surface area contributed by atoms with Crippen LogP contribution < -0.4 is 0 Å². The molecule has 0 bridgehead atoms. The fourth-order valence-corrected chi connectivity index (χ4v) is 2.05. The Morgan fingerprint density at radius 1 is 1.29 bits per heavy atom. The van der Waals surface area contributed by atoms with Crippen molar-refractivity contribution < 1.29 is 13.2 Å². The van der Waals surface area contributed by atoms with E-state index in [0.29, 0.717) is 0 Å². The second-order valence-electron chi connectivity index (χ2n) is 3.68. The summed E-state index contributed by atoms with van der Waals surface area (Å²) in [6, 6.07) is 0. The predicted octanol–water partition coefficient (Wildman–Crippen LogP) is 3.09. The molecule has 0 atom stereocenters. The summed E-state index contributed by atoms with van der Waals surface area (Å²) in [5.74, 6) is 0.0223. The van der Waals surface area contributed by atoms with Crippen molar-refractivity contribution >= 4 is 0 Å². The lowest BCUT2D eigenvalue weighted by molar-refractivity contribution is -0.138. The number of hydrogen-bond acceptors (Lipinski definition) is 1. The number of H-pyrrole nitrogens is 1.